The Morgan fingerprint density at radius 1 is 1.39 bits per heavy atom. The summed E-state index contributed by atoms with van der Waals surface area (Å²) < 4.78 is 3.25. The summed E-state index contributed by atoms with van der Waals surface area (Å²) in [5.74, 6) is 0.159. The van der Waals surface area contributed by atoms with Crippen LogP contribution in [0.2, 0.25) is 0 Å². The molecular weight excluding hydrogens is 380 g/mol. The number of nitrogens with zero attached hydrogens (tertiary/aromatic N) is 5. The third-order valence-corrected chi connectivity index (χ3v) is 5.26. The number of anilines is 1. The first-order chi connectivity index (χ1) is 10.9. The number of nitrogen functional groups attached to an aromatic ring is 1. The minimum absolute atomic E-state index is 0.159. The highest BCUT2D eigenvalue weighted by Crippen LogP contribution is 2.26. The van der Waals surface area contributed by atoms with Gasteiger partial charge in [0.15, 0.2) is 11.8 Å². The molecular formula is C14H15BrN6OS. The molecule has 0 spiro atoms. The van der Waals surface area contributed by atoms with Crippen molar-refractivity contribution in [3.05, 3.63) is 39.2 Å². The van der Waals surface area contributed by atoms with E-state index in [2.05, 4.69) is 30.9 Å². The number of rotatable bonds is 3. The van der Waals surface area contributed by atoms with E-state index >= 15 is 0 Å². The highest BCUT2D eigenvalue weighted by molar-refractivity contribution is 9.10. The molecule has 0 bridgehead atoms. The second-order valence-corrected chi connectivity index (χ2v) is 6.73. The van der Waals surface area contributed by atoms with Crippen LogP contribution in [0.1, 0.15) is 16.8 Å². The van der Waals surface area contributed by atoms with Gasteiger partial charge in [-0.05, 0) is 36.0 Å². The fourth-order valence-corrected chi connectivity index (χ4v) is 3.87. The summed E-state index contributed by atoms with van der Waals surface area (Å²) in [4.78, 5) is 13.7. The Balaban J connectivity index is 2.13. The number of thioether (sulfide) groups is 1. The maximum absolute atomic E-state index is 12.3. The molecule has 2 N–H and O–H groups in total. The predicted octanol–water partition coefficient (Wildman–Crippen LogP) is 2.19. The summed E-state index contributed by atoms with van der Waals surface area (Å²) in [5, 5.41) is 12.3. The maximum atomic E-state index is 12.3. The lowest BCUT2D eigenvalue weighted by atomic mass is 10.1. The molecule has 0 amide bonds. The second-order valence-electron chi connectivity index (χ2n) is 5.16. The first-order valence-corrected chi connectivity index (χ1v) is 8.84. The zero-order chi connectivity index (χ0) is 16.7. The number of pyridine rings is 1. The molecule has 0 unspecified atom stereocenters. The summed E-state index contributed by atoms with van der Waals surface area (Å²) in [5.41, 5.74) is 9.52. The van der Waals surface area contributed by atoms with E-state index in [1.54, 1.807) is 28.9 Å². The average Bonchev–Trinajstić information content (AvgIpc) is 2.87. The minimum Gasteiger partial charge on any atom is -0.618 e. The molecule has 0 aliphatic carbocycles. The van der Waals surface area contributed by atoms with Crippen LogP contribution in [0.4, 0.5) is 5.95 Å². The van der Waals surface area contributed by atoms with Gasteiger partial charge in [-0.25, -0.2) is 9.97 Å². The van der Waals surface area contributed by atoms with E-state index in [1.165, 1.54) is 0 Å². The van der Waals surface area contributed by atoms with Crippen molar-refractivity contribution in [2.45, 2.75) is 25.3 Å². The molecule has 3 rings (SSSR count). The monoisotopic (exact) mass is 394 g/mol. The third-order valence-electron chi connectivity index (χ3n) is 3.67. The number of hydrogen-bond donors (Lipinski definition) is 1. The van der Waals surface area contributed by atoms with E-state index in [9.17, 15) is 5.21 Å². The number of nitrogens with two attached hydrogens (primary N) is 1. The first kappa shape index (κ1) is 16.0. The van der Waals surface area contributed by atoms with E-state index in [4.69, 9.17) is 5.73 Å². The summed E-state index contributed by atoms with van der Waals surface area (Å²) in [6.07, 6.45) is 5.25. The van der Waals surface area contributed by atoms with Gasteiger partial charge in [0.25, 0.3) is 0 Å². The molecule has 0 atom stereocenters. The molecule has 7 nitrogen and oxygen atoms in total. The lowest BCUT2D eigenvalue weighted by Gasteiger charge is -2.13. The molecule has 3 aromatic heterocycles. The molecule has 9 heteroatoms. The number of hydrogen-bond acceptors (Lipinski definition) is 6. The van der Waals surface area contributed by atoms with Crippen LogP contribution < -0.4 is 10.5 Å². The Hall–Kier alpha value is -1.87. The van der Waals surface area contributed by atoms with Crippen molar-refractivity contribution in [2.75, 3.05) is 12.0 Å². The highest BCUT2D eigenvalue weighted by Gasteiger charge is 2.19. The molecule has 3 heterocycles. The van der Waals surface area contributed by atoms with Gasteiger partial charge in [0.05, 0.1) is 6.33 Å². The Bertz CT molecular complexity index is 910. The van der Waals surface area contributed by atoms with Crippen molar-refractivity contribution in [3.63, 3.8) is 0 Å². The van der Waals surface area contributed by atoms with Crippen LogP contribution in [0.15, 0.2) is 22.0 Å². The summed E-state index contributed by atoms with van der Waals surface area (Å²) in [6.45, 7) is 4.26. The van der Waals surface area contributed by atoms with Crippen molar-refractivity contribution in [2.24, 2.45) is 0 Å². The van der Waals surface area contributed by atoms with Crippen molar-refractivity contribution in [3.8, 4) is 0 Å². The summed E-state index contributed by atoms with van der Waals surface area (Å²) in [7, 11) is 0. The second kappa shape index (κ2) is 5.97. The lowest BCUT2D eigenvalue weighted by Crippen LogP contribution is -2.34. The molecule has 0 fully saturated rings. The maximum Gasteiger partial charge on any atom is 0.223 e. The van der Waals surface area contributed by atoms with Gasteiger partial charge in [0.2, 0.25) is 11.6 Å². The van der Waals surface area contributed by atoms with E-state index < -0.39 is 0 Å². The van der Waals surface area contributed by atoms with Gasteiger partial charge in [-0.3, -0.25) is 0 Å². The molecule has 23 heavy (non-hydrogen) atoms. The Morgan fingerprint density at radius 2 is 2.13 bits per heavy atom. The Kier molecular flexibility index (Phi) is 4.15. The largest absolute Gasteiger partial charge is 0.618 e. The SMILES string of the molecule is CSc1c(C)c[n+]([O-])c(Cn2cnc3c(Br)nc(N)nc32)c1C. The van der Waals surface area contributed by atoms with Crippen LogP contribution in [0.5, 0.6) is 0 Å². The zero-order valence-corrected chi connectivity index (χ0v) is 15.3. The molecule has 0 aliphatic rings. The number of aromatic nitrogens is 5. The van der Waals surface area contributed by atoms with E-state index in [0.717, 1.165) is 20.8 Å². The van der Waals surface area contributed by atoms with Crippen LogP contribution in [0, 0.1) is 19.1 Å². The van der Waals surface area contributed by atoms with E-state index in [1.807, 2.05) is 20.1 Å². The molecule has 3 aromatic rings. The lowest BCUT2D eigenvalue weighted by molar-refractivity contribution is -0.615. The van der Waals surface area contributed by atoms with Gasteiger partial charge in [-0.1, -0.05) is 0 Å². The average molecular weight is 395 g/mol. The molecule has 0 aromatic carbocycles. The standard InChI is InChI=1S/C14H15BrN6OS/c1-7-4-21(22)9(8(2)11(7)23-3)5-20-6-17-10-12(15)18-14(16)19-13(10)20/h4,6H,5H2,1-3H3,(H2,16,18,19). The van der Waals surface area contributed by atoms with Crippen molar-refractivity contribution in [1.82, 2.24) is 19.5 Å². The van der Waals surface area contributed by atoms with E-state index in [-0.39, 0.29) is 5.95 Å². The minimum atomic E-state index is 0.159. The van der Waals surface area contributed by atoms with Gasteiger partial charge >= 0.3 is 0 Å². The summed E-state index contributed by atoms with van der Waals surface area (Å²) in [6, 6.07) is 0. The first-order valence-electron chi connectivity index (χ1n) is 6.82. The topological polar surface area (TPSA) is 96.6 Å². The highest BCUT2D eigenvalue weighted by atomic mass is 79.9. The Morgan fingerprint density at radius 3 is 2.83 bits per heavy atom. The number of imidazole rings is 1. The predicted molar refractivity (Wildman–Crippen MR) is 93.2 cm³/mol. The fourth-order valence-electron chi connectivity index (χ4n) is 2.61. The van der Waals surface area contributed by atoms with Gasteiger partial charge in [-0.15, -0.1) is 11.8 Å². The van der Waals surface area contributed by atoms with Crippen molar-refractivity contribution < 1.29 is 4.73 Å². The van der Waals surface area contributed by atoms with E-state index in [0.29, 0.717) is 28.0 Å². The summed E-state index contributed by atoms with van der Waals surface area (Å²) >= 11 is 4.97. The molecule has 0 aliphatic heterocycles. The van der Waals surface area contributed by atoms with Crippen LogP contribution in [0.25, 0.3) is 11.2 Å². The third kappa shape index (κ3) is 2.74. The zero-order valence-electron chi connectivity index (χ0n) is 12.9. The van der Waals surface area contributed by atoms with Crippen LogP contribution in [0.3, 0.4) is 0 Å². The number of halogens is 1. The van der Waals surface area contributed by atoms with Crippen molar-refractivity contribution >= 4 is 44.8 Å². The molecule has 0 saturated carbocycles. The number of aryl methyl sites for hydroxylation is 1. The van der Waals surface area contributed by atoms with Crippen LogP contribution in [-0.4, -0.2) is 25.8 Å². The van der Waals surface area contributed by atoms with Crippen LogP contribution in [-0.2, 0) is 6.54 Å². The molecule has 0 saturated heterocycles. The smallest absolute Gasteiger partial charge is 0.223 e. The van der Waals surface area contributed by atoms with Gasteiger partial charge < -0.3 is 15.5 Å². The van der Waals surface area contributed by atoms with Crippen LogP contribution >= 0.6 is 27.7 Å². The van der Waals surface area contributed by atoms with Gasteiger partial charge in [-0.2, -0.15) is 9.71 Å². The van der Waals surface area contributed by atoms with Gasteiger partial charge in [0.1, 0.15) is 16.7 Å². The van der Waals surface area contributed by atoms with Gasteiger partial charge in [0, 0.05) is 16.0 Å². The molecule has 120 valence electrons. The normalized spacial score (nSPS) is 11.3. The fraction of sp³-hybridized carbons (Fsp3) is 0.286. The molecule has 0 radical (unpaired) electrons. The number of fused-ring (bicyclic) bond motifs is 1. The quantitative estimate of drug-likeness (QED) is 0.316. The Labute approximate surface area is 145 Å². The van der Waals surface area contributed by atoms with Crippen molar-refractivity contribution in [1.29, 1.82) is 0 Å².